The van der Waals surface area contributed by atoms with Crippen molar-refractivity contribution in [1.82, 2.24) is 4.90 Å². The van der Waals surface area contributed by atoms with Crippen molar-refractivity contribution < 1.29 is 14.3 Å². The summed E-state index contributed by atoms with van der Waals surface area (Å²) in [6, 6.07) is 3.62. The minimum absolute atomic E-state index is 0.00143. The van der Waals surface area contributed by atoms with Crippen LogP contribution in [0.4, 0.5) is 0 Å². The average Bonchev–Trinajstić information content (AvgIpc) is 3.08. The molecule has 4 nitrogen and oxygen atoms in total. The lowest BCUT2D eigenvalue weighted by Gasteiger charge is -2.26. The molecule has 0 bridgehead atoms. The fourth-order valence-corrected chi connectivity index (χ4v) is 2.71. The summed E-state index contributed by atoms with van der Waals surface area (Å²) in [4.78, 5) is 14.4. The van der Waals surface area contributed by atoms with Gasteiger partial charge in [0.2, 0.25) is 5.91 Å². The molecular formula is C18H27NO3. The highest BCUT2D eigenvalue weighted by molar-refractivity contribution is 5.88. The Hall–Kier alpha value is -1.55. The smallest absolute Gasteiger partial charge is 0.246 e. The third-order valence-corrected chi connectivity index (χ3v) is 4.55. The molecule has 1 saturated heterocycles. The van der Waals surface area contributed by atoms with Crippen molar-refractivity contribution in [1.29, 1.82) is 0 Å². The number of carbonyl (C=O) groups is 1. The highest BCUT2D eigenvalue weighted by Crippen LogP contribution is 2.29. The van der Waals surface area contributed by atoms with Gasteiger partial charge in [-0.3, -0.25) is 4.79 Å². The maximum Gasteiger partial charge on any atom is 0.246 e. The first kappa shape index (κ1) is 16.8. The van der Waals surface area contributed by atoms with Crippen LogP contribution in [-0.2, 0) is 4.79 Å². The normalized spacial score (nSPS) is 21.2. The van der Waals surface area contributed by atoms with Crippen LogP contribution in [0.1, 0.15) is 58.8 Å². The van der Waals surface area contributed by atoms with Gasteiger partial charge in [0, 0.05) is 25.1 Å². The standard InChI is InChI=1S/C18H27NO3/c1-13(18(2,3)4)11-17(21)19-9-5-7-14(19)12-15(20)16-8-6-10-22-16/h6,8,10-11,14-15,20H,5,7,9,12H2,1-4H3/b13-11-. The van der Waals surface area contributed by atoms with Crippen molar-refractivity contribution in [2.24, 2.45) is 5.41 Å². The zero-order valence-electron chi connectivity index (χ0n) is 14.0. The van der Waals surface area contributed by atoms with Crippen molar-refractivity contribution >= 4 is 5.91 Å². The fourth-order valence-electron chi connectivity index (χ4n) is 2.71. The van der Waals surface area contributed by atoms with Gasteiger partial charge in [0.15, 0.2) is 0 Å². The van der Waals surface area contributed by atoms with Crippen LogP contribution < -0.4 is 0 Å². The summed E-state index contributed by atoms with van der Waals surface area (Å²) in [5.41, 5.74) is 1.08. The molecule has 0 radical (unpaired) electrons. The number of nitrogens with zero attached hydrogens (tertiary/aromatic N) is 1. The summed E-state index contributed by atoms with van der Waals surface area (Å²) in [7, 11) is 0. The summed E-state index contributed by atoms with van der Waals surface area (Å²) in [6.07, 6.45) is 5.11. The van der Waals surface area contributed by atoms with E-state index in [1.165, 1.54) is 0 Å². The van der Waals surface area contributed by atoms with Gasteiger partial charge in [-0.05, 0) is 37.3 Å². The van der Waals surface area contributed by atoms with E-state index in [1.807, 2.05) is 11.8 Å². The molecule has 1 aromatic heterocycles. The summed E-state index contributed by atoms with van der Waals surface area (Å²) >= 11 is 0. The largest absolute Gasteiger partial charge is 0.467 e. The topological polar surface area (TPSA) is 53.7 Å². The summed E-state index contributed by atoms with van der Waals surface area (Å²) in [6.45, 7) is 9.08. The van der Waals surface area contributed by atoms with E-state index in [4.69, 9.17) is 4.42 Å². The van der Waals surface area contributed by atoms with E-state index in [9.17, 15) is 9.90 Å². The van der Waals surface area contributed by atoms with Crippen molar-refractivity contribution in [3.8, 4) is 0 Å². The van der Waals surface area contributed by atoms with Gasteiger partial charge >= 0.3 is 0 Å². The molecule has 1 aliphatic rings. The Balaban J connectivity index is 2.03. The second-order valence-corrected chi connectivity index (χ2v) is 7.17. The summed E-state index contributed by atoms with van der Waals surface area (Å²) in [5, 5.41) is 10.2. The highest BCUT2D eigenvalue weighted by atomic mass is 16.4. The van der Waals surface area contributed by atoms with Crippen LogP contribution in [0.5, 0.6) is 0 Å². The number of hydrogen-bond acceptors (Lipinski definition) is 3. The van der Waals surface area contributed by atoms with E-state index in [0.29, 0.717) is 12.2 Å². The van der Waals surface area contributed by atoms with E-state index in [-0.39, 0.29) is 17.4 Å². The third kappa shape index (κ3) is 4.01. The third-order valence-electron chi connectivity index (χ3n) is 4.55. The molecule has 122 valence electrons. The van der Waals surface area contributed by atoms with Gasteiger partial charge < -0.3 is 14.4 Å². The van der Waals surface area contributed by atoms with Gasteiger partial charge in [0.05, 0.1) is 6.26 Å². The maximum absolute atomic E-state index is 12.5. The Kier molecular flexibility index (Phi) is 5.12. The Morgan fingerprint density at radius 2 is 2.27 bits per heavy atom. The number of rotatable bonds is 4. The van der Waals surface area contributed by atoms with E-state index < -0.39 is 6.10 Å². The Labute approximate surface area is 132 Å². The van der Waals surface area contributed by atoms with Crippen LogP contribution in [0, 0.1) is 5.41 Å². The molecule has 1 amide bonds. The van der Waals surface area contributed by atoms with Gasteiger partial charge in [-0.2, -0.15) is 0 Å². The molecule has 0 spiro atoms. The van der Waals surface area contributed by atoms with Crippen LogP contribution in [-0.4, -0.2) is 28.5 Å². The zero-order chi connectivity index (χ0) is 16.3. The zero-order valence-corrected chi connectivity index (χ0v) is 14.0. The number of hydrogen-bond donors (Lipinski definition) is 1. The van der Waals surface area contributed by atoms with E-state index in [2.05, 4.69) is 20.8 Å². The first-order chi connectivity index (χ1) is 10.3. The van der Waals surface area contributed by atoms with E-state index in [1.54, 1.807) is 24.5 Å². The number of likely N-dealkylation sites (tertiary alicyclic amines) is 1. The van der Waals surface area contributed by atoms with Gasteiger partial charge in [0.25, 0.3) is 0 Å². The molecule has 2 atom stereocenters. The Bertz CT molecular complexity index is 525. The molecule has 1 aliphatic heterocycles. The lowest BCUT2D eigenvalue weighted by Crippen LogP contribution is -2.35. The number of aliphatic hydroxyl groups is 1. The van der Waals surface area contributed by atoms with Crippen molar-refractivity contribution in [3.05, 3.63) is 35.8 Å². The predicted octanol–water partition coefficient (Wildman–Crippen LogP) is 3.69. The quantitative estimate of drug-likeness (QED) is 0.863. The van der Waals surface area contributed by atoms with Crippen molar-refractivity contribution in [3.63, 3.8) is 0 Å². The molecule has 2 unspecified atom stereocenters. The molecule has 0 aromatic carbocycles. The molecule has 4 heteroatoms. The van der Waals surface area contributed by atoms with Gasteiger partial charge in [-0.15, -0.1) is 0 Å². The molecule has 22 heavy (non-hydrogen) atoms. The maximum atomic E-state index is 12.5. The Morgan fingerprint density at radius 3 is 2.86 bits per heavy atom. The molecule has 2 heterocycles. The molecule has 2 rings (SSSR count). The van der Waals surface area contributed by atoms with Gasteiger partial charge in [0.1, 0.15) is 11.9 Å². The highest BCUT2D eigenvalue weighted by Gasteiger charge is 2.31. The number of amides is 1. The van der Waals surface area contributed by atoms with Crippen molar-refractivity contribution in [2.75, 3.05) is 6.54 Å². The first-order valence-electron chi connectivity index (χ1n) is 8.00. The SMILES string of the molecule is C/C(=C/C(=O)N1CCCC1CC(O)c1ccco1)C(C)(C)C. The average molecular weight is 305 g/mol. The first-order valence-corrected chi connectivity index (χ1v) is 8.00. The van der Waals surface area contributed by atoms with Crippen LogP contribution in [0.3, 0.4) is 0 Å². The molecule has 1 fully saturated rings. The van der Waals surface area contributed by atoms with Crippen LogP contribution in [0.2, 0.25) is 0 Å². The van der Waals surface area contributed by atoms with Crippen LogP contribution >= 0.6 is 0 Å². The second-order valence-electron chi connectivity index (χ2n) is 7.17. The van der Waals surface area contributed by atoms with Gasteiger partial charge in [-0.25, -0.2) is 0 Å². The van der Waals surface area contributed by atoms with Gasteiger partial charge in [-0.1, -0.05) is 26.3 Å². The molecular weight excluding hydrogens is 278 g/mol. The van der Waals surface area contributed by atoms with E-state index >= 15 is 0 Å². The Morgan fingerprint density at radius 1 is 1.55 bits per heavy atom. The predicted molar refractivity (Wildman–Crippen MR) is 86.2 cm³/mol. The van der Waals surface area contributed by atoms with Crippen LogP contribution in [0.15, 0.2) is 34.5 Å². The lowest BCUT2D eigenvalue weighted by atomic mass is 9.87. The molecule has 0 aliphatic carbocycles. The lowest BCUT2D eigenvalue weighted by molar-refractivity contribution is -0.127. The monoisotopic (exact) mass is 305 g/mol. The molecule has 1 N–H and O–H groups in total. The van der Waals surface area contributed by atoms with Crippen LogP contribution in [0.25, 0.3) is 0 Å². The summed E-state index contributed by atoms with van der Waals surface area (Å²) < 4.78 is 5.25. The number of furan rings is 1. The van der Waals surface area contributed by atoms with Crippen molar-refractivity contribution in [2.45, 2.75) is 59.1 Å². The number of carbonyl (C=O) groups excluding carboxylic acids is 1. The fraction of sp³-hybridized carbons (Fsp3) is 0.611. The summed E-state index contributed by atoms with van der Waals surface area (Å²) in [5.74, 6) is 0.627. The minimum atomic E-state index is -0.652. The van der Waals surface area contributed by atoms with E-state index in [0.717, 1.165) is 25.0 Å². The number of aliphatic hydroxyl groups excluding tert-OH is 1. The molecule has 1 aromatic rings. The molecule has 0 saturated carbocycles. The minimum Gasteiger partial charge on any atom is -0.467 e. The second kappa shape index (κ2) is 6.69. The number of allylic oxidation sites excluding steroid dienone is 1.